The third kappa shape index (κ3) is 5.82. The van der Waals surface area contributed by atoms with Crippen molar-refractivity contribution >= 4 is 11.8 Å². The van der Waals surface area contributed by atoms with Crippen molar-refractivity contribution in [1.82, 2.24) is 5.32 Å². The van der Waals surface area contributed by atoms with Crippen LogP contribution in [0.3, 0.4) is 0 Å². The molecule has 0 aromatic rings. The van der Waals surface area contributed by atoms with Crippen molar-refractivity contribution in [1.29, 1.82) is 0 Å². The number of rotatable bonds is 7. The van der Waals surface area contributed by atoms with Gasteiger partial charge >= 0.3 is 0 Å². The van der Waals surface area contributed by atoms with E-state index in [1.54, 1.807) is 0 Å². The van der Waals surface area contributed by atoms with Crippen LogP contribution >= 0.6 is 11.8 Å². The van der Waals surface area contributed by atoms with Gasteiger partial charge in [-0.1, -0.05) is 26.7 Å². The largest absolute Gasteiger partial charge is 0.313 e. The highest BCUT2D eigenvalue weighted by atomic mass is 32.2. The SMILES string of the molecule is CC(C)C(C)NCCSCC1CCCC1. The lowest BCUT2D eigenvalue weighted by atomic mass is 10.1. The van der Waals surface area contributed by atoms with Gasteiger partial charge in [0.25, 0.3) is 0 Å². The Morgan fingerprint density at radius 2 is 1.87 bits per heavy atom. The summed E-state index contributed by atoms with van der Waals surface area (Å²) < 4.78 is 0. The van der Waals surface area contributed by atoms with E-state index in [1.165, 1.54) is 43.7 Å². The number of nitrogens with one attached hydrogen (secondary N) is 1. The quantitative estimate of drug-likeness (QED) is 0.670. The van der Waals surface area contributed by atoms with Gasteiger partial charge in [-0.15, -0.1) is 0 Å². The molecule has 0 saturated heterocycles. The Morgan fingerprint density at radius 1 is 1.20 bits per heavy atom. The minimum atomic E-state index is 0.664. The fourth-order valence-corrected chi connectivity index (χ4v) is 3.12. The van der Waals surface area contributed by atoms with Gasteiger partial charge in [0.1, 0.15) is 0 Å². The van der Waals surface area contributed by atoms with Gasteiger partial charge < -0.3 is 5.32 Å². The van der Waals surface area contributed by atoms with E-state index in [2.05, 4.69) is 37.8 Å². The van der Waals surface area contributed by atoms with Gasteiger partial charge in [-0.05, 0) is 37.4 Å². The lowest BCUT2D eigenvalue weighted by Crippen LogP contribution is -2.32. The Kier molecular flexibility index (Phi) is 6.74. The predicted octanol–water partition coefficient (Wildman–Crippen LogP) is 3.54. The lowest BCUT2D eigenvalue weighted by Gasteiger charge is -2.17. The first-order valence-corrected chi connectivity index (χ1v) is 7.66. The molecule has 0 aromatic heterocycles. The number of hydrogen-bond donors (Lipinski definition) is 1. The molecule has 1 unspecified atom stereocenters. The van der Waals surface area contributed by atoms with E-state index in [4.69, 9.17) is 0 Å². The molecule has 1 aliphatic rings. The average molecular weight is 229 g/mol. The molecular weight excluding hydrogens is 202 g/mol. The van der Waals surface area contributed by atoms with Crippen molar-refractivity contribution in [2.45, 2.75) is 52.5 Å². The number of hydrogen-bond acceptors (Lipinski definition) is 2. The van der Waals surface area contributed by atoms with Crippen molar-refractivity contribution in [3.63, 3.8) is 0 Å². The number of thioether (sulfide) groups is 1. The van der Waals surface area contributed by atoms with E-state index in [9.17, 15) is 0 Å². The normalized spacial score (nSPS) is 20.0. The first-order chi connectivity index (χ1) is 7.20. The maximum absolute atomic E-state index is 3.59. The van der Waals surface area contributed by atoms with Crippen LogP contribution < -0.4 is 5.32 Å². The van der Waals surface area contributed by atoms with E-state index in [-0.39, 0.29) is 0 Å². The van der Waals surface area contributed by atoms with Gasteiger partial charge in [-0.2, -0.15) is 11.8 Å². The first-order valence-electron chi connectivity index (χ1n) is 6.51. The van der Waals surface area contributed by atoms with E-state index in [0.29, 0.717) is 6.04 Å². The highest BCUT2D eigenvalue weighted by molar-refractivity contribution is 7.99. The zero-order chi connectivity index (χ0) is 11.1. The Labute approximate surface area is 99.8 Å². The molecule has 0 radical (unpaired) electrons. The molecule has 1 atom stereocenters. The van der Waals surface area contributed by atoms with E-state index in [0.717, 1.165) is 11.8 Å². The molecule has 0 aromatic carbocycles. The molecule has 15 heavy (non-hydrogen) atoms. The summed E-state index contributed by atoms with van der Waals surface area (Å²) in [5, 5.41) is 3.59. The molecular formula is C13H27NS. The van der Waals surface area contributed by atoms with Crippen LogP contribution in [-0.4, -0.2) is 24.1 Å². The smallest absolute Gasteiger partial charge is 0.00620 e. The highest BCUT2D eigenvalue weighted by Gasteiger charge is 2.14. The molecule has 1 aliphatic carbocycles. The lowest BCUT2D eigenvalue weighted by molar-refractivity contribution is 0.438. The van der Waals surface area contributed by atoms with Crippen LogP contribution in [0.4, 0.5) is 0 Å². The summed E-state index contributed by atoms with van der Waals surface area (Å²) in [6.07, 6.45) is 5.94. The summed E-state index contributed by atoms with van der Waals surface area (Å²) >= 11 is 2.14. The van der Waals surface area contributed by atoms with Crippen molar-refractivity contribution < 1.29 is 0 Å². The van der Waals surface area contributed by atoms with Crippen molar-refractivity contribution in [2.75, 3.05) is 18.1 Å². The standard InChI is InChI=1S/C13H27NS/c1-11(2)12(3)14-8-9-15-10-13-6-4-5-7-13/h11-14H,4-10H2,1-3H3. The third-order valence-electron chi connectivity index (χ3n) is 3.54. The Morgan fingerprint density at radius 3 is 2.47 bits per heavy atom. The van der Waals surface area contributed by atoms with Crippen LogP contribution in [0.1, 0.15) is 46.5 Å². The van der Waals surface area contributed by atoms with Crippen molar-refractivity contribution in [3.8, 4) is 0 Å². The van der Waals surface area contributed by atoms with Gasteiger partial charge in [0.05, 0.1) is 0 Å². The second kappa shape index (κ2) is 7.56. The van der Waals surface area contributed by atoms with Gasteiger partial charge in [-0.25, -0.2) is 0 Å². The Hall–Kier alpha value is 0.310. The summed E-state index contributed by atoms with van der Waals surface area (Å²) in [5.74, 6) is 4.48. The van der Waals surface area contributed by atoms with Gasteiger partial charge in [0.2, 0.25) is 0 Å². The summed E-state index contributed by atoms with van der Waals surface area (Å²) in [5.41, 5.74) is 0. The molecule has 1 fully saturated rings. The molecule has 90 valence electrons. The van der Waals surface area contributed by atoms with Crippen LogP contribution in [-0.2, 0) is 0 Å². The predicted molar refractivity (Wildman–Crippen MR) is 71.6 cm³/mol. The Balaban J connectivity index is 1.88. The van der Waals surface area contributed by atoms with E-state index in [1.807, 2.05) is 0 Å². The molecule has 0 spiro atoms. The molecule has 0 amide bonds. The van der Waals surface area contributed by atoms with Crippen LogP contribution in [0.2, 0.25) is 0 Å². The second-order valence-corrected chi connectivity index (χ2v) is 6.36. The summed E-state index contributed by atoms with van der Waals surface area (Å²) in [7, 11) is 0. The zero-order valence-electron chi connectivity index (χ0n) is 10.6. The molecule has 2 heteroatoms. The first kappa shape index (κ1) is 13.4. The van der Waals surface area contributed by atoms with Crippen LogP contribution in [0.5, 0.6) is 0 Å². The minimum Gasteiger partial charge on any atom is -0.313 e. The maximum atomic E-state index is 3.59. The van der Waals surface area contributed by atoms with Gasteiger partial charge in [0, 0.05) is 18.3 Å². The fourth-order valence-electron chi connectivity index (χ4n) is 2.02. The second-order valence-electron chi connectivity index (χ2n) is 5.21. The molecule has 0 bridgehead atoms. The molecule has 0 heterocycles. The molecule has 1 N–H and O–H groups in total. The summed E-state index contributed by atoms with van der Waals surface area (Å²) in [6, 6.07) is 0.664. The Bertz CT molecular complexity index is 149. The average Bonchev–Trinajstić information content (AvgIpc) is 2.69. The molecule has 0 aliphatic heterocycles. The third-order valence-corrected chi connectivity index (χ3v) is 4.74. The van der Waals surface area contributed by atoms with Gasteiger partial charge in [-0.3, -0.25) is 0 Å². The molecule has 1 rings (SSSR count). The van der Waals surface area contributed by atoms with Crippen LogP contribution in [0.25, 0.3) is 0 Å². The topological polar surface area (TPSA) is 12.0 Å². The summed E-state index contributed by atoms with van der Waals surface area (Å²) in [6.45, 7) is 8.02. The fraction of sp³-hybridized carbons (Fsp3) is 1.00. The van der Waals surface area contributed by atoms with Crippen LogP contribution in [0.15, 0.2) is 0 Å². The maximum Gasteiger partial charge on any atom is 0.00620 e. The van der Waals surface area contributed by atoms with E-state index < -0.39 is 0 Å². The minimum absolute atomic E-state index is 0.664. The monoisotopic (exact) mass is 229 g/mol. The molecule has 1 saturated carbocycles. The van der Waals surface area contributed by atoms with Gasteiger partial charge in [0.15, 0.2) is 0 Å². The van der Waals surface area contributed by atoms with Crippen LogP contribution in [0, 0.1) is 11.8 Å². The van der Waals surface area contributed by atoms with Crippen molar-refractivity contribution in [2.24, 2.45) is 11.8 Å². The zero-order valence-corrected chi connectivity index (χ0v) is 11.4. The highest BCUT2D eigenvalue weighted by Crippen LogP contribution is 2.27. The van der Waals surface area contributed by atoms with Crippen molar-refractivity contribution in [3.05, 3.63) is 0 Å². The molecule has 1 nitrogen and oxygen atoms in total. The summed E-state index contributed by atoms with van der Waals surface area (Å²) in [4.78, 5) is 0. The van der Waals surface area contributed by atoms with E-state index >= 15 is 0 Å².